The Labute approximate surface area is 177 Å². The summed E-state index contributed by atoms with van der Waals surface area (Å²) in [5, 5.41) is 0. The molecule has 29 heavy (non-hydrogen) atoms. The SMILES string of the molecule is CC12c3ccccc3C(c3ccccc31)[C@H]1C(=O)N(c3ccccc3Br)C(=O)[C@H]12. The monoisotopic (exact) mass is 443 g/mol. The zero-order valence-corrected chi connectivity index (χ0v) is 17.4. The average Bonchev–Trinajstić information content (AvgIpc) is 3.01. The Balaban J connectivity index is 1.64. The Morgan fingerprint density at radius 3 is 1.97 bits per heavy atom. The van der Waals surface area contributed by atoms with Gasteiger partial charge in [-0.15, -0.1) is 0 Å². The molecule has 4 aliphatic rings. The summed E-state index contributed by atoms with van der Waals surface area (Å²) < 4.78 is 0.757. The predicted molar refractivity (Wildman–Crippen MR) is 115 cm³/mol. The van der Waals surface area contributed by atoms with Crippen LogP contribution in [0.1, 0.15) is 35.1 Å². The normalized spacial score (nSPS) is 28.9. The molecule has 4 heteroatoms. The molecule has 7 rings (SSSR count). The number of rotatable bonds is 1. The van der Waals surface area contributed by atoms with Gasteiger partial charge in [-0.2, -0.15) is 0 Å². The summed E-state index contributed by atoms with van der Waals surface area (Å²) in [5.41, 5.74) is 4.85. The van der Waals surface area contributed by atoms with Crippen LogP contribution in [0.5, 0.6) is 0 Å². The van der Waals surface area contributed by atoms with Crippen LogP contribution in [0.2, 0.25) is 0 Å². The van der Waals surface area contributed by atoms with Crippen molar-refractivity contribution in [2.24, 2.45) is 11.8 Å². The first-order valence-electron chi connectivity index (χ1n) is 9.86. The fourth-order valence-electron chi connectivity index (χ4n) is 6.02. The van der Waals surface area contributed by atoms with Gasteiger partial charge in [0.1, 0.15) is 0 Å². The van der Waals surface area contributed by atoms with Gasteiger partial charge in [0, 0.05) is 15.8 Å². The van der Waals surface area contributed by atoms with Crippen molar-refractivity contribution in [2.75, 3.05) is 4.90 Å². The van der Waals surface area contributed by atoms with E-state index >= 15 is 0 Å². The third-order valence-corrected chi connectivity index (χ3v) is 7.81. The van der Waals surface area contributed by atoms with E-state index in [1.54, 1.807) is 0 Å². The minimum absolute atomic E-state index is 0.0850. The van der Waals surface area contributed by atoms with E-state index in [4.69, 9.17) is 0 Å². The second-order valence-corrected chi connectivity index (χ2v) is 9.18. The molecule has 3 nitrogen and oxygen atoms in total. The number of anilines is 1. The number of benzene rings is 3. The smallest absolute Gasteiger partial charge is 0.238 e. The number of para-hydroxylation sites is 1. The Kier molecular flexibility index (Phi) is 3.35. The van der Waals surface area contributed by atoms with Crippen molar-refractivity contribution in [3.8, 4) is 0 Å². The highest BCUT2D eigenvalue weighted by atomic mass is 79.9. The standard InChI is InChI=1S/C25H18BrNO2/c1-25-16-10-4-2-8-14(16)20(15-9-3-5-11-17(15)25)21-22(25)24(29)27(23(21)28)19-13-7-6-12-18(19)26/h2-13,20-22H,1H3/t20?,21-,22+,25?/m1/s1. The van der Waals surface area contributed by atoms with Crippen molar-refractivity contribution in [1.82, 2.24) is 0 Å². The summed E-state index contributed by atoms with van der Waals surface area (Å²) in [6, 6.07) is 24.1. The molecule has 2 bridgehead atoms. The van der Waals surface area contributed by atoms with Crippen molar-refractivity contribution in [3.05, 3.63) is 99.5 Å². The molecule has 0 spiro atoms. The Morgan fingerprint density at radius 2 is 1.34 bits per heavy atom. The number of carbonyl (C=O) groups is 2. The summed E-state index contributed by atoms with van der Waals surface area (Å²) in [6.45, 7) is 2.15. The van der Waals surface area contributed by atoms with Crippen molar-refractivity contribution >= 4 is 33.4 Å². The second kappa shape index (κ2) is 5.67. The second-order valence-electron chi connectivity index (χ2n) is 8.32. The molecule has 1 heterocycles. The van der Waals surface area contributed by atoms with Crippen molar-refractivity contribution in [1.29, 1.82) is 0 Å². The average molecular weight is 444 g/mol. The van der Waals surface area contributed by atoms with Gasteiger partial charge in [-0.3, -0.25) is 9.59 Å². The van der Waals surface area contributed by atoms with Gasteiger partial charge in [-0.05, 0) is 50.3 Å². The van der Waals surface area contributed by atoms with Crippen molar-refractivity contribution in [3.63, 3.8) is 0 Å². The summed E-state index contributed by atoms with van der Waals surface area (Å²) >= 11 is 3.53. The van der Waals surface area contributed by atoms with E-state index in [9.17, 15) is 9.59 Å². The first kappa shape index (κ1) is 17.2. The maximum absolute atomic E-state index is 13.8. The number of nitrogens with zero attached hydrogens (tertiary/aromatic N) is 1. The predicted octanol–water partition coefficient (Wildman–Crippen LogP) is 5.02. The van der Waals surface area contributed by atoms with Crippen LogP contribution in [-0.2, 0) is 15.0 Å². The van der Waals surface area contributed by atoms with E-state index in [0.717, 1.165) is 4.47 Å². The quantitative estimate of drug-likeness (QED) is 0.495. The lowest BCUT2D eigenvalue weighted by Crippen LogP contribution is -2.51. The Morgan fingerprint density at radius 1 is 0.793 bits per heavy atom. The lowest BCUT2D eigenvalue weighted by molar-refractivity contribution is -0.123. The molecule has 0 saturated carbocycles. The lowest BCUT2D eigenvalue weighted by atomic mass is 9.48. The molecule has 142 valence electrons. The van der Waals surface area contributed by atoms with Crippen LogP contribution in [0, 0.1) is 11.8 Å². The zero-order valence-electron chi connectivity index (χ0n) is 15.8. The number of hydrogen-bond acceptors (Lipinski definition) is 2. The van der Waals surface area contributed by atoms with Gasteiger partial charge in [-0.1, -0.05) is 67.6 Å². The fraction of sp³-hybridized carbons (Fsp3) is 0.200. The van der Waals surface area contributed by atoms with E-state index in [1.165, 1.54) is 27.2 Å². The van der Waals surface area contributed by atoms with E-state index < -0.39 is 11.3 Å². The van der Waals surface area contributed by atoms with Crippen LogP contribution < -0.4 is 4.90 Å². The molecule has 3 aromatic carbocycles. The van der Waals surface area contributed by atoms with E-state index in [2.05, 4.69) is 47.1 Å². The van der Waals surface area contributed by atoms with E-state index in [1.807, 2.05) is 48.5 Å². The topological polar surface area (TPSA) is 37.4 Å². The molecule has 3 aliphatic carbocycles. The number of halogens is 1. The summed E-state index contributed by atoms with van der Waals surface area (Å²) in [4.78, 5) is 29.0. The highest BCUT2D eigenvalue weighted by Crippen LogP contribution is 2.64. The molecular weight excluding hydrogens is 426 g/mol. The fourth-order valence-corrected chi connectivity index (χ4v) is 6.48. The van der Waals surface area contributed by atoms with Crippen LogP contribution in [0.3, 0.4) is 0 Å². The van der Waals surface area contributed by atoms with Gasteiger partial charge >= 0.3 is 0 Å². The highest BCUT2D eigenvalue weighted by molar-refractivity contribution is 9.10. The van der Waals surface area contributed by atoms with Gasteiger partial charge in [0.25, 0.3) is 0 Å². The van der Waals surface area contributed by atoms with Gasteiger partial charge in [-0.25, -0.2) is 4.90 Å². The zero-order chi connectivity index (χ0) is 19.9. The third-order valence-electron chi connectivity index (χ3n) is 7.14. The van der Waals surface area contributed by atoms with Crippen molar-refractivity contribution < 1.29 is 9.59 Å². The maximum atomic E-state index is 13.8. The van der Waals surface area contributed by atoms with Crippen LogP contribution in [0.15, 0.2) is 77.3 Å². The highest BCUT2D eigenvalue weighted by Gasteiger charge is 2.66. The molecule has 1 fully saturated rings. The molecule has 2 atom stereocenters. The Bertz CT molecular complexity index is 1170. The van der Waals surface area contributed by atoms with E-state index in [-0.39, 0.29) is 23.7 Å². The van der Waals surface area contributed by atoms with Gasteiger partial charge in [0.05, 0.1) is 17.5 Å². The first-order valence-corrected chi connectivity index (χ1v) is 10.7. The number of amides is 2. The minimum atomic E-state index is -0.518. The molecule has 0 aromatic heterocycles. The third kappa shape index (κ3) is 1.93. The molecular formula is C25H18BrNO2. The van der Waals surface area contributed by atoms with Crippen LogP contribution in [-0.4, -0.2) is 11.8 Å². The molecule has 1 aliphatic heterocycles. The summed E-state index contributed by atoms with van der Waals surface area (Å²) in [6.07, 6.45) is 0. The maximum Gasteiger partial charge on any atom is 0.238 e. The molecule has 0 radical (unpaired) electrons. The van der Waals surface area contributed by atoms with Crippen LogP contribution >= 0.6 is 15.9 Å². The summed E-state index contributed by atoms with van der Waals surface area (Å²) in [7, 11) is 0. The molecule has 2 amide bonds. The van der Waals surface area contributed by atoms with Crippen LogP contribution in [0.25, 0.3) is 0 Å². The first-order chi connectivity index (χ1) is 14.0. The Hall–Kier alpha value is -2.72. The van der Waals surface area contributed by atoms with Gasteiger partial charge in [0.15, 0.2) is 0 Å². The van der Waals surface area contributed by atoms with Gasteiger partial charge in [0.2, 0.25) is 11.8 Å². The van der Waals surface area contributed by atoms with Crippen LogP contribution in [0.4, 0.5) is 5.69 Å². The largest absolute Gasteiger partial charge is 0.274 e. The molecule has 0 N–H and O–H groups in total. The minimum Gasteiger partial charge on any atom is -0.274 e. The molecule has 0 unspecified atom stereocenters. The van der Waals surface area contributed by atoms with Gasteiger partial charge < -0.3 is 0 Å². The number of carbonyl (C=O) groups excluding carboxylic acids is 2. The van der Waals surface area contributed by atoms with E-state index in [0.29, 0.717) is 5.69 Å². The molecule has 3 aromatic rings. The summed E-state index contributed by atoms with van der Waals surface area (Å²) in [5.74, 6) is -1.03. The molecule has 1 saturated heterocycles. The van der Waals surface area contributed by atoms with Crippen molar-refractivity contribution in [2.45, 2.75) is 18.3 Å². The number of hydrogen-bond donors (Lipinski definition) is 0. The lowest BCUT2D eigenvalue weighted by Gasteiger charge is -2.52. The number of imide groups is 1.